The minimum absolute atomic E-state index is 0.281. The van der Waals surface area contributed by atoms with Crippen molar-refractivity contribution < 1.29 is 9.59 Å². The Balaban J connectivity index is 1.25. The highest BCUT2D eigenvalue weighted by atomic mass is 16.2. The van der Waals surface area contributed by atoms with Crippen LogP contribution in [-0.2, 0) is 9.59 Å². The molecule has 8 nitrogen and oxygen atoms in total. The quantitative estimate of drug-likeness (QED) is 0.730. The number of rotatable bonds is 4. The van der Waals surface area contributed by atoms with E-state index in [4.69, 9.17) is 4.98 Å². The van der Waals surface area contributed by atoms with E-state index in [0.717, 1.165) is 108 Å². The Morgan fingerprint density at radius 1 is 0.774 bits per heavy atom. The summed E-state index contributed by atoms with van der Waals surface area (Å²) >= 11 is 0. The molecule has 1 aromatic rings. The van der Waals surface area contributed by atoms with E-state index in [1.807, 2.05) is 11.1 Å². The van der Waals surface area contributed by atoms with Crippen LogP contribution in [0.25, 0.3) is 0 Å². The molecule has 0 radical (unpaired) electrons. The second-order valence-electron chi connectivity index (χ2n) is 9.56. The van der Waals surface area contributed by atoms with Crippen molar-refractivity contribution in [2.24, 2.45) is 11.8 Å². The molecule has 0 unspecified atom stereocenters. The van der Waals surface area contributed by atoms with Crippen molar-refractivity contribution >= 4 is 23.6 Å². The number of anilines is 2. The molecule has 1 aromatic heterocycles. The standard InChI is InChI=1S/C23H34N6O2/c1-17-16-24-23(29-11-3-10-28(14-15-29)22(31)19-6-7-19)25-20(17)26-8-2-9-27(13-12-26)21(30)18-4-5-18/h16,18-19H,2-15H2,1H3. The van der Waals surface area contributed by atoms with Crippen LogP contribution in [0.15, 0.2) is 6.20 Å². The van der Waals surface area contributed by atoms with E-state index in [9.17, 15) is 9.59 Å². The molecule has 0 aromatic carbocycles. The highest BCUT2D eigenvalue weighted by molar-refractivity contribution is 5.81. The zero-order valence-corrected chi connectivity index (χ0v) is 18.6. The molecule has 0 bridgehead atoms. The third-order valence-electron chi connectivity index (χ3n) is 6.98. The second-order valence-corrected chi connectivity index (χ2v) is 9.56. The van der Waals surface area contributed by atoms with Gasteiger partial charge in [-0.25, -0.2) is 4.98 Å². The van der Waals surface area contributed by atoms with E-state index >= 15 is 0 Å². The number of amides is 2. The Kier molecular flexibility index (Phi) is 5.71. The first-order chi connectivity index (χ1) is 15.1. The maximum atomic E-state index is 12.5. The molecule has 31 heavy (non-hydrogen) atoms. The number of aryl methyl sites for hydroxylation is 1. The van der Waals surface area contributed by atoms with Crippen LogP contribution in [0, 0.1) is 18.8 Å². The molecule has 4 fully saturated rings. The predicted octanol–water partition coefficient (Wildman–Crippen LogP) is 1.68. The van der Waals surface area contributed by atoms with Crippen LogP contribution in [-0.4, -0.2) is 83.9 Å². The van der Waals surface area contributed by atoms with Crippen molar-refractivity contribution in [3.05, 3.63) is 11.8 Å². The number of hydrogen-bond acceptors (Lipinski definition) is 6. The van der Waals surface area contributed by atoms with Crippen molar-refractivity contribution in [1.82, 2.24) is 19.8 Å². The SMILES string of the molecule is Cc1cnc(N2CCCN(C(=O)C3CC3)CC2)nc1N1CCCN(C(=O)C2CC2)CC1. The van der Waals surface area contributed by atoms with Crippen molar-refractivity contribution in [2.45, 2.75) is 45.4 Å². The largest absolute Gasteiger partial charge is 0.354 e. The monoisotopic (exact) mass is 426 g/mol. The van der Waals surface area contributed by atoms with Crippen molar-refractivity contribution in [1.29, 1.82) is 0 Å². The van der Waals surface area contributed by atoms with Gasteiger partial charge in [-0.1, -0.05) is 0 Å². The lowest BCUT2D eigenvalue weighted by molar-refractivity contribution is -0.133. The number of aromatic nitrogens is 2. The van der Waals surface area contributed by atoms with Gasteiger partial charge in [0.25, 0.3) is 0 Å². The summed E-state index contributed by atoms with van der Waals surface area (Å²) in [6.45, 7) is 8.66. The molecule has 2 amide bonds. The minimum Gasteiger partial charge on any atom is -0.354 e. The molecule has 4 aliphatic rings. The Morgan fingerprint density at radius 2 is 1.32 bits per heavy atom. The summed E-state index contributed by atoms with van der Waals surface area (Å²) in [7, 11) is 0. The van der Waals surface area contributed by atoms with Gasteiger partial charge in [0.2, 0.25) is 17.8 Å². The average Bonchev–Trinajstić information content (AvgIpc) is 3.67. The van der Waals surface area contributed by atoms with E-state index in [1.54, 1.807) is 0 Å². The van der Waals surface area contributed by atoms with Crippen LogP contribution in [0.5, 0.6) is 0 Å². The van der Waals surface area contributed by atoms with Gasteiger partial charge in [0.15, 0.2) is 0 Å². The van der Waals surface area contributed by atoms with Crippen molar-refractivity contribution in [3.63, 3.8) is 0 Å². The lowest BCUT2D eigenvalue weighted by Gasteiger charge is -2.27. The molecule has 2 aliphatic heterocycles. The van der Waals surface area contributed by atoms with E-state index in [0.29, 0.717) is 11.8 Å². The maximum absolute atomic E-state index is 12.5. The fourth-order valence-electron chi connectivity index (χ4n) is 4.76. The van der Waals surface area contributed by atoms with E-state index in [-0.39, 0.29) is 11.8 Å². The van der Waals surface area contributed by atoms with E-state index < -0.39 is 0 Å². The van der Waals surface area contributed by atoms with Crippen molar-refractivity contribution in [3.8, 4) is 0 Å². The van der Waals surface area contributed by atoms with Crippen LogP contribution in [0.4, 0.5) is 11.8 Å². The first kappa shape index (κ1) is 20.5. The summed E-state index contributed by atoms with van der Waals surface area (Å²) in [5.41, 5.74) is 1.08. The molecule has 3 heterocycles. The Bertz CT molecular complexity index is 837. The molecule has 2 saturated heterocycles. The highest BCUT2D eigenvalue weighted by Gasteiger charge is 2.35. The first-order valence-electron chi connectivity index (χ1n) is 12.0. The fourth-order valence-corrected chi connectivity index (χ4v) is 4.76. The van der Waals surface area contributed by atoms with Gasteiger partial charge in [-0.15, -0.1) is 0 Å². The third-order valence-corrected chi connectivity index (χ3v) is 6.98. The average molecular weight is 427 g/mol. The minimum atomic E-state index is 0.281. The molecule has 0 spiro atoms. The molecule has 0 N–H and O–H groups in total. The van der Waals surface area contributed by atoms with Gasteiger partial charge in [-0.3, -0.25) is 9.59 Å². The van der Waals surface area contributed by atoms with Gasteiger partial charge >= 0.3 is 0 Å². The second kappa shape index (κ2) is 8.63. The van der Waals surface area contributed by atoms with Gasteiger partial charge in [-0.2, -0.15) is 4.98 Å². The molecule has 168 valence electrons. The van der Waals surface area contributed by atoms with Crippen LogP contribution in [0.1, 0.15) is 44.1 Å². The molecule has 0 atom stereocenters. The van der Waals surface area contributed by atoms with E-state index in [1.165, 1.54) is 0 Å². The van der Waals surface area contributed by atoms with Crippen LogP contribution in [0.3, 0.4) is 0 Å². The molecule has 2 saturated carbocycles. The predicted molar refractivity (Wildman–Crippen MR) is 119 cm³/mol. The Labute approximate surface area is 184 Å². The molecule has 8 heteroatoms. The summed E-state index contributed by atoms with van der Waals surface area (Å²) in [6.07, 6.45) is 8.09. The number of hydrogen-bond donors (Lipinski definition) is 0. The van der Waals surface area contributed by atoms with Crippen LogP contribution >= 0.6 is 0 Å². The van der Waals surface area contributed by atoms with Crippen LogP contribution in [0.2, 0.25) is 0 Å². The van der Waals surface area contributed by atoms with Gasteiger partial charge in [0.1, 0.15) is 5.82 Å². The smallest absolute Gasteiger partial charge is 0.227 e. The molecular weight excluding hydrogens is 392 g/mol. The number of carbonyl (C=O) groups is 2. The van der Waals surface area contributed by atoms with Gasteiger partial charge in [-0.05, 0) is 45.4 Å². The first-order valence-corrected chi connectivity index (χ1v) is 12.0. The third kappa shape index (κ3) is 4.62. The van der Waals surface area contributed by atoms with Crippen LogP contribution < -0.4 is 9.80 Å². The summed E-state index contributed by atoms with van der Waals surface area (Å²) in [5, 5.41) is 0. The maximum Gasteiger partial charge on any atom is 0.227 e. The summed E-state index contributed by atoms with van der Waals surface area (Å²) in [5.74, 6) is 2.99. The van der Waals surface area contributed by atoms with E-state index in [2.05, 4.69) is 26.6 Å². The lowest BCUT2D eigenvalue weighted by atomic mass is 10.3. The number of carbonyl (C=O) groups excluding carboxylic acids is 2. The topological polar surface area (TPSA) is 72.9 Å². The summed E-state index contributed by atoms with van der Waals surface area (Å²) in [4.78, 5) is 43.2. The van der Waals surface area contributed by atoms with Crippen molar-refractivity contribution in [2.75, 3.05) is 62.2 Å². The molecular formula is C23H34N6O2. The molecule has 2 aliphatic carbocycles. The van der Waals surface area contributed by atoms with Gasteiger partial charge in [0.05, 0.1) is 0 Å². The lowest BCUT2D eigenvalue weighted by Crippen LogP contribution is -2.37. The zero-order chi connectivity index (χ0) is 21.4. The number of nitrogens with zero attached hydrogens (tertiary/aromatic N) is 6. The molecule has 5 rings (SSSR count). The van der Waals surface area contributed by atoms with Gasteiger partial charge in [0, 0.05) is 76.0 Å². The van der Waals surface area contributed by atoms with Gasteiger partial charge < -0.3 is 19.6 Å². The normalized spacial score (nSPS) is 22.9. The summed E-state index contributed by atoms with van der Waals surface area (Å²) in [6, 6.07) is 0. The fraction of sp³-hybridized carbons (Fsp3) is 0.739. The summed E-state index contributed by atoms with van der Waals surface area (Å²) < 4.78 is 0. The Hall–Kier alpha value is -2.38. The Morgan fingerprint density at radius 3 is 1.90 bits per heavy atom. The highest BCUT2D eigenvalue weighted by Crippen LogP contribution is 2.32. The zero-order valence-electron chi connectivity index (χ0n) is 18.6.